The molecule has 0 aromatic carbocycles. The lowest BCUT2D eigenvalue weighted by molar-refractivity contribution is 0.216. The maximum absolute atomic E-state index is 8.90. The molecule has 0 aromatic heterocycles. The van der Waals surface area contributed by atoms with E-state index < -0.39 is 0 Å². The van der Waals surface area contributed by atoms with E-state index in [-0.39, 0.29) is 12.2 Å². The lowest BCUT2D eigenvalue weighted by Crippen LogP contribution is -2.22. The molecule has 0 spiro atoms. The molecule has 1 saturated heterocycles. The molecular formula is C10H16O2. The van der Waals surface area contributed by atoms with Crippen molar-refractivity contribution in [2.75, 3.05) is 13.2 Å². The molecule has 68 valence electrons. The SMILES string of the molecule is CC1([C@@H]2CC=C(CO)CC2)CO1. The fourth-order valence-electron chi connectivity index (χ4n) is 1.94. The van der Waals surface area contributed by atoms with Crippen LogP contribution in [0.1, 0.15) is 26.2 Å². The van der Waals surface area contributed by atoms with E-state index in [4.69, 9.17) is 9.84 Å². The number of epoxide rings is 1. The van der Waals surface area contributed by atoms with E-state index >= 15 is 0 Å². The van der Waals surface area contributed by atoms with Crippen LogP contribution < -0.4 is 0 Å². The van der Waals surface area contributed by atoms with Crippen LogP contribution in [0.15, 0.2) is 11.6 Å². The molecule has 1 aliphatic carbocycles. The predicted octanol–water partition coefficient (Wildman–Crippen LogP) is 1.49. The smallest absolute Gasteiger partial charge is 0.0919 e. The van der Waals surface area contributed by atoms with Crippen molar-refractivity contribution in [3.05, 3.63) is 11.6 Å². The van der Waals surface area contributed by atoms with Gasteiger partial charge in [0.1, 0.15) is 0 Å². The monoisotopic (exact) mass is 168 g/mol. The van der Waals surface area contributed by atoms with E-state index in [1.807, 2.05) is 0 Å². The molecule has 1 unspecified atom stereocenters. The molecule has 2 nitrogen and oxygen atoms in total. The first-order valence-electron chi connectivity index (χ1n) is 4.67. The Morgan fingerprint density at radius 1 is 1.75 bits per heavy atom. The average molecular weight is 168 g/mol. The first-order valence-corrected chi connectivity index (χ1v) is 4.67. The Morgan fingerprint density at radius 3 is 2.92 bits per heavy atom. The molecule has 2 atom stereocenters. The van der Waals surface area contributed by atoms with Crippen molar-refractivity contribution in [2.24, 2.45) is 5.92 Å². The molecule has 2 rings (SSSR count). The van der Waals surface area contributed by atoms with Gasteiger partial charge in [-0.25, -0.2) is 0 Å². The number of aliphatic hydroxyl groups is 1. The van der Waals surface area contributed by atoms with Crippen LogP contribution in [0.3, 0.4) is 0 Å². The van der Waals surface area contributed by atoms with E-state index in [0.29, 0.717) is 5.92 Å². The van der Waals surface area contributed by atoms with Gasteiger partial charge in [-0.3, -0.25) is 0 Å². The Labute approximate surface area is 73.2 Å². The Morgan fingerprint density at radius 2 is 2.50 bits per heavy atom. The van der Waals surface area contributed by atoms with Crippen LogP contribution in [0.5, 0.6) is 0 Å². The van der Waals surface area contributed by atoms with Crippen LogP contribution in [-0.2, 0) is 4.74 Å². The predicted molar refractivity (Wildman–Crippen MR) is 46.9 cm³/mol. The van der Waals surface area contributed by atoms with Crippen LogP contribution in [0.4, 0.5) is 0 Å². The summed E-state index contributed by atoms with van der Waals surface area (Å²) >= 11 is 0. The summed E-state index contributed by atoms with van der Waals surface area (Å²) < 4.78 is 5.41. The number of allylic oxidation sites excluding steroid dienone is 1. The lowest BCUT2D eigenvalue weighted by atomic mass is 9.82. The van der Waals surface area contributed by atoms with Crippen LogP contribution >= 0.6 is 0 Å². The largest absolute Gasteiger partial charge is 0.392 e. The fourth-order valence-corrected chi connectivity index (χ4v) is 1.94. The van der Waals surface area contributed by atoms with Crippen molar-refractivity contribution in [1.82, 2.24) is 0 Å². The Bertz CT molecular complexity index is 204. The van der Waals surface area contributed by atoms with Gasteiger partial charge in [-0.1, -0.05) is 6.08 Å². The van der Waals surface area contributed by atoms with E-state index in [0.717, 1.165) is 19.4 Å². The molecule has 0 bridgehead atoms. The summed E-state index contributed by atoms with van der Waals surface area (Å²) in [6.07, 6.45) is 5.51. The van der Waals surface area contributed by atoms with Crippen molar-refractivity contribution in [3.8, 4) is 0 Å². The first kappa shape index (κ1) is 8.27. The summed E-state index contributed by atoms with van der Waals surface area (Å²) in [7, 11) is 0. The molecule has 1 heterocycles. The van der Waals surface area contributed by atoms with Crippen LogP contribution in [-0.4, -0.2) is 23.9 Å². The van der Waals surface area contributed by atoms with Gasteiger partial charge in [-0.2, -0.15) is 0 Å². The van der Waals surface area contributed by atoms with E-state index in [2.05, 4.69) is 13.0 Å². The zero-order valence-corrected chi connectivity index (χ0v) is 7.55. The number of hydrogen-bond acceptors (Lipinski definition) is 2. The van der Waals surface area contributed by atoms with Gasteiger partial charge in [0.15, 0.2) is 0 Å². The molecule has 2 heteroatoms. The fraction of sp³-hybridized carbons (Fsp3) is 0.800. The third-order valence-electron chi connectivity index (χ3n) is 3.17. The summed E-state index contributed by atoms with van der Waals surface area (Å²) in [4.78, 5) is 0. The topological polar surface area (TPSA) is 32.8 Å². The standard InChI is InChI=1S/C10H16O2/c1-10(7-12-10)9-4-2-8(6-11)3-5-9/h2,9,11H,3-7H2,1H3/t9-,10?/m1/s1. The van der Waals surface area contributed by atoms with Crippen molar-refractivity contribution < 1.29 is 9.84 Å². The molecule has 0 aromatic rings. The highest BCUT2D eigenvalue weighted by atomic mass is 16.6. The number of hydrogen-bond donors (Lipinski definition) is 1. The second-order valence-electron chi connectivity index (χ2n) is 4.09. The van der Waals surface area contributed by atoms with Gasteiger partial charge >= 0.3 is 0 Å². The van der Waals surface area contributed by atoms with Gasteiger partial charge in [-0.15, -0.1) is 0 Å². The zero-order valence-electron chi connectivity index (χ0n) is 7.55. The van der Waals surface area contributed by atoms with Gasteiger partial charge < -0.3 is 9.84 Å². The van der Waals surface area contributed by atoms with Gasteiger partial charge in [0.25, 0.3) is 0 Å². The number of ether oxygens (including phenoxy) is 1. The average Bonchev–Trinajstić information content (AvgIpc) is 2.85. The highest BCUT2D eigenvalue weighted by Crippen LogP contribution is 2.42. The molecule has 0 radical (unpaired) electrons. The molecule has 1 aliphatic heterocycles. The van der Waals surface area contributed by atoms with Gasteiger partial charge in [-0.05, 0) is 37.7 Å². The second-order valence-corrected chi connectivity index (χ2v) is 4.09. The van der Waals surface area contributed by atoms with Crippen LogP contribution in [0, 0.1) is 5.92 Å². The minimum absolute atomic E-state index is 0.178. The van der Waals surface area contributed by atoms with Gasteiger partial charge in [0, 0.05) is 0 Å². The molecular weight excluding hydrogens is 152 g/mol. The molecule has 2 aliphatic rings. The summed E-state index contributed by atoms with van der Waals surface area (Å²) in [5.74, 6) is 0.688. The minimum Gasteiger partial charge on any atom is -0.392 e. The molecule has 1 fully saturated rings. The molecule has 0 saturated carbocycles. The summed E-state index contributed by atoms with van der Waals surface area (Å²) in [6, 6.07) is 0. The van der Waals surface area contributed by atoms with Crippen molar-refractivity contribution in [3.63, 3.8) is 0 Å². The van der Waals surface area contributed by atoms with E-state index in [9.17, 15) is 0 Å². The van der Waals surface area contributed by atoms with Crippen LogP contribution in [0.25, 0.3) is 0 Å². The maximum Gasteiger partial charge on any atom is 0.0919 e. The van der Waals surface area contributed by atoms with Gasteiger partial charge in [0.2, 0.25) is 0 Å². The lowest BCUT2D eigenvalue weighted by Gasteiger charge is -2.24. The summed E-state index contributed by atoms with van der Waals surface area (Å²) in [5.41, 5.74) is 1.38. The Balaban J connectivity index is 1.94. The van der Waals surface area contributed by atoms with Crippen molar-refractivity contribution in [2.45, 2.75) is 31.8 Å². The minimum atomic E-state index is 0.178. The van der Waals surface area contributed by atoms with E-state index in [1.165, 1.54) is 12.0 Å². The highest BCUT2D eigenvalue weighted by molar-refractivity contribution is 5.10. The van der Waals surface area contributed by atoms with Crippen LogP contribution in [0.2, 0.25) is 0 Å². The quantitative estimate of drug-likeness (QED) is 0.500. The first-order chi connectivity index (χ1) is 5.74. The maximum atomic E-state index is 8.90. The second kappa shape index (κ2) is 2.86. The van der Waals surface area contributed by atoms with Crippen molar-refractivity contribution in [1.29, 1.82) is 0 Å². The summed E-state index contributed by atoms with van der Waals surface area (Å²) in [6.45, 7) is 3.36. The number of aliphatic hydroxyl groups excluding tert-OH is 1. The normalized spacial score (nSPS) is 40.8. The Kier molecular flexibility index (Phi) is 1.97. The van der Waals surface area contributed by atoms with E-state index in [1.54, 1.807) is 0 Å². The highest BCUT2D eigenvalue weighted by Gasteiger charge is 2.46. The third-order valence-corrected chi connectivity index (χ3v) is 3.17. The Hall–Kier alpha value is -0.340. The summed E-state index contributed by atoms with van der Waals surface area (Å²) in [5, 5.41) is 8.90. The van der Waals surface area contributed by atoms with Gasteiger partial charge in [0.05, 0.1) is 18.8 Å². The molecule has 12 heavy (non-hydrogen) atoms. The molecule has 0 amide bonds. The number of rotatable bonds is 2. The molecule has 1 N–H and O–H groups in total. The zero-order chi connectivity index (χ0) is 8.60. The third kappa shape index (κ3) is 1.41. The van der Waals surface area contributed by atoms with Crippen molar-refractivity contribution >= 4 is 0 Å².